The van der Waals surface area contributed by atoms with E-state index in [4.69, 9.17) is 0 Å². The third-order valence-electron chi connectivity index (χ3n) is 3.86. The van der Waals surface area contributed by atoms with Crippen molar-refractivity contribution in [2.45, 2.75) is 44.7 Å². The van der Waals surface area contributed by atoms with Crippen molar-refractivity contribution >= 4 is 5.82 Å². The van der Waals surface area contributed by atoms with Gasteiger partial charge in [0.05, 0.1) is 0 Å². The van der Waals surface area contributed by atoms with Gasteiger partial charge in [0, 0.05) is 25.2 Å². The topological polar surface area (TPSA) is 61.0 Å². The van der Waals surface area contributed by atoms with Crippen molar-refractivity contribution in [3.05, 3.63) is 22.2 Å². The van der Waals surface area contributed by atoms with Gasteiger partial charge in [0.2, 0.25) is 0 Å². The first-order valence-corrected chi connectivity index (χ1v) is 6.58. The molecule has 0 unspecified atom stereocenters. The molecule has 0 atom stereocenters. The minimum Gasteiger partial charge on any atom is -0.356 e. The van der Waals surface area contributed by atoms with Gasteiger partial charge in [0.25, 0.3) is 5.56 Å². The summed E-state index contributed by atoms with van der Waals surface area (Å²) in [5, 5.41) is 3.33. The number of nitrogens with one attached hydrogen (secondary N) is 2. The summed E-state index contributed by atoms with van der Waals surface area (Å²) in [7, 11) is 4.06. The Bertz CT molecular complexity index is 449. The molecule has 0 aliphatic heterocycles. The summed E-state index contributed by atoms with van der Waals surface area (Å²) in [5.74, 6) is 1.46. The molecule has 1 aromatic rings. The van der Waals surface area contributed by atoms with Crippen LogP contribution in [0.2, 0.25) is 0 Å². The monoisotopic (exact) mass is 250 g/mol. The summed E-state index contributed by atoms with van der Waals surface area (Å²) >= 11 is 0. The van der Waals surface area contributed by atoms with Crippen molar-refractivity contribution in [2.75, 3.05) is 19.0 Å². The first kappa shape index (κ1) is 13.1. The fourth-order valence-electron chi connectivity index (χ4n) is 2.68. The molecule has 1 aliphatic rings. The largest absolute Gasteiger partial charge is 0.356 e. The van der Waals surface area contributed by atoms with E-state index in [1.807, 2.05) is 21.0 Å². The molecule has 0 aromatic carbocycles. The van der Waals surface area contributed by atoms with Crippen LogP contribution < -0.4 is 15.8 Å². The Morgan fingerprint density at radius 3 is 2.61 bits per heavy atom. The van der Waals surface area contributed by atoms with E-state index < -0.39 is 0 Å². The average molecular weight is 250 g/mol. The molecule has 0 spiro atoms. The Morgan fingerprint density at radius 2 is 2.06 bits per heavy atom. The van der Waals surface area contributed by atoms with Crippen molar-refractivity contribution in [1.29, 1.82) is 0 Å². The van der Waals surface area contributed by atoms with Crippen LogP contribution in [-0.4, -0.2) is 36.1 Å². The van der Waals surface area contributed by atoms with E-state index in [1.54, 1.807) is 6.07 Å². The van der Waals surface area contributed by atoms with Crippen molar-refractivity contribution in [3.8, 4) is 0 Å². The molecule has 0 amide bonds. The number of aromatic nitrogens is 2. The molecular weight excluding hydrogens is 228 g/mol. The predicted molar refractivity (Wildman–Crippen MR) is 73.1 cm³/mol. The van der Waals surface area contributed by atoms with Gasteiger partial charge in [-0.25, -0.2) is 4.98 Å². The van der Waals surface area contributed by atoms with E-state index in [0.29, 0.717) is 17.9 Å². The van der Waals surface area contributed by atoms with Crippen LogP contribution in [0.25, 0.3) is 0 Å². The van der Waals surface area contributed by atoms with Gasteiger partial charge >= 0.3 is 0 Å². The summed E-state index contributed by atoms with van der Waals surface area (Å²) in [5.41, 5.74) is -0.0757. The Kier molecular flexibility index (Phi) is 4.01. The van der Waals surface area contributed by atoms with Gasteiger partial charge in [0.1, 0.15) is 11.6 Å². The van der Waals surface area contributed by atoms with Gasteiger partial charge < -0.3 is 15.2 Å². The molecule has 2 N–H and O–H groups in total. The van der Waals surface area contributed by atoms with E-state index in [2.05, 4.69) is 20.2 Å². The standard InChI is InChI=1S/C13H22N4O/c1-9-15-12(8-13(18)16-9)17(3)11-6-4-10(14-2)5-7-11/h8,10-11,14H,4-7H2,1-3H3,(H,15,16,18). The Balaban J connectivity index is 2.07. The molecule has 100 valence electrons. The van der Waals surface area contributed by atoms with Crippen LogP contribution in [0.15, 0.2) is 10.9 Å². The van der Waals surface area contributed by atoms with Gasteiger partial charge in [-0.3, -0.25) is 4.79 Å². The lowest BCUT2D eigenvalue weighted by atomic mass is 9.90. The van der Waals surface area contributed by atoms with Gasteiger partial charge in [-0.1, -0.05) is 0 Å². The molecular formula is C13H22N4O. The van der Waals surface area contributed by atoms with Crippen LogP contribution in [0, 0.1) is 6.92 Å². The third kappa shape index (κ3) is 2.90. The number of hydrogen-bond donors (Lipinski definition) is 2. The minimum absolute atomic E-state index is 0.0757. The molecule has 2 rings (SSSR count). The number of rotatable bonds is 3. The highest BCUT2D eigenvalue weighted by atomic mass is 16.1. The van der Waals surface area contributed by atoms with E-state index in [-0.39, 0.29) is 5.56 Å². The number of anilines is 1. The van der Waals surface area contributed by atoms with Crippen LogP contribution in [0.3, 0.4) is 0 Å². The lowest BCUT2D eigenvalue weighted by molar-refractivity contribution is 0.350. The Labute approximate surface area is 108 Å². The van der Waals surface area contributed by atoms with E-state index >= 15 is 0 Å². The molecule has 5 nitrogen and oxygen atoms in total. The number of aromatic amines is 1. The molecule has 0 radical (unpaired) electrons. The number of aryl methyl sites for hydroxylation is 1. The summed E-state index contributed by atoms with van der Waals surface area (Å²) in [4.78, 5) is 20.7. The number of nitrogens with zero attached hydrogens (tertiary/aromatic N) is 2. The zero-order chi connectivity index (χ0) is 13.1. The highest BCUT2D eigenvalue weighted by Gasteiger charge is 2.24. The van der Waals surface area contributed by atoms with Crippen LogP contribution in [-0.2, 0) is 0 Å². The second-order valence-electron chi connectivity index (χ2n) is 5.09. The molecule has 1 saturated carbocycles. The summed E-state index contributed by atoms with van der Waals surface area (Å²) < 4.78 is 0. The highest BCUT2D eigenvalue weighted by molar-refractivity contribution is 5.37. The average Bonchev–Trinajstić information content (AvgIpc) is 2.37. The molecule has 1 aliphatic carbocycles. The van der Waals surface area contributed by atoms with Gasteiger partial charge in [0.15, 0.2) is 0 Å². The Morgan fingerprint density at radius 1 is 1.39 bits per heavy atom. The SMILES string of the molecule is CNC1CCC(N(C)c2cc(=O)[nH]c(C)n2)CC1. The van der Waals surface area contributed by atoms with E-state index in [1.165, 1.54) is 12.8 Å². The lowest BCUT2D eigenvalue weighted by Gasteiger charge is -2.35. The van der Waals surface area contributed by atoms with Crippen LogP contribution in [0.1, 0.15) is 31.5 Å². The van der Waals surface area contributed by atoms with Crippen LogP contribution in [0.4, 0.5) is 5.82 Å². The van der Waals surface area contributed by atoms with Crippen LogP contribution in [0.5, 0.6) is 0 Å². The summed E-state index contributed by atoms with van der Waals surface area (Å²) in [6, 6.07) is 2.71. The van der Waals surface area contributed by atoms with Crippen molar-refractivity contribution in [1.82, 2.24) is 15.3 Å². The molecule has 1 heterocycles. The van der Waals surface area contributed by atoms with Gasteiger partial charge in [-0.15, -0.1) is 0 Å². The van der Waals surface area contributed by atoms with Crippen molar-refractivity contribution in [3.63, 3.8) is 0 Å². The zero-order valence-corrected chi connectivity index (χ0v) is 11.4. The summed E-state index contributed by atoms with van der Waals surface area (Å²) in [6.07, 6.45) is 4.67. The van der Waals surface area contributed by atoms with Gasteiger partial charge in [-0.05, 0) is 39.7 Å². The predicted octanol–water partition coefficient (Wildman–Crippen LogP) is 1.05. The smallest absolute Gasteiger partial charge is 0.252 e. The normalized spacial score (nSPS) is 23.9. The fourth-order valence-corrected chi connectivity index (χ4v) is 2.68. The molecule has 0 saturated heterocycles. The summed E-state index contributed by atoms with van der Waals surface area (Å²) in [6.45, 7) is 1.82. The highest BCUT2D eigenvalue weighted by Crippen LogP contribution is 2.24. The van der Waals surface area contributed by atoms with E-state index in [0.717, 1.165) is 18.7 Å². The zero-order valence-electron chi connectivity index (χ0n) is 11.4. The first-order valence-electron chi connectivity index (χ1n) is 6.58. The molecule has 1 fully saturated rings. The Hall–Kier alpha value is -1.36. The fraction of sp³-hybridized carbons (Fsp3) is 0.692. The maximum atomic E-state index is 11.5. The first-order chi connectivity index (χ1) is 8.60. The maximum Gasteiger partial charge on any atom is 0.252 e. The van der Waals surface area contributed by atoms with E-state index in [9.17, 15) is 4.79 Å². The van der Waals surface area contributed by atoms with Crippen molar-refractivity contribution < 1.29 is 0 Å². The molecule has 18 heavy (non-hydrogen) atoms. The quantitative estimate of drug-likeness (QED) is 0.841. The molecule has 5 heteroatoms. The lowest BCUT2D eigenvalue weighted by Crippen LogP contribution is -2.40. The number of H-pyrrole nitrogens is 1. The second kappa shape index (κ2) is 5.52. The number of hydrogen-bond acceptors (Lipinski definition) is 4. The molecule has 0 bridgehead atoms. The van der Waals surface area contributed by atoms with Gasteiger partial charge in [-0.2, -0.15) is 0 Å². The maximum absolute atomic E-state index is 11.5. The second-order valence-corrected chi connectivity index (χ2v) is 5.09. The third-order valence-corrected chi connectivity index (χ3v) is 3.86. The van der Waals surface area contributed by atoms with Crippen LogP contribution >= 0.6 is 0 Å². The minimum atomic E-state index is -0.0757. The van der Waals surface area contributed by atoms with Crippen molar-refractivity contribution in [2.24, 2.45) is 0 Å². The molecule has 1 aromatic heterocycles.